The van der Waals surface area contributed by atoms with Gasteiger partial charge in [0.25, 0.3) is 10.0 Å². The zero-order valence-electron chi connectivity index (χ0n) is 15.1. The first-order valence-electron chi connectivity index (χ1n) is 8.58. The molecule has 0 unspecified atom stereocenters. The predicted molar refractivity (Wildman–Crippen MR) is 121 cm³/mol. The number of thiophene rings is 1. The number of nitrogens with one attached hydrogen (secondary N) is 1. The molecule has 0 spiro atoms. The summed E-state index contributed by atoms with van der Waals surface area (Å²) in [7, 11) is -4.12. The lowest BCUT2D eigenvalue weighted by molar-refractivity contribution is 0.0698. The second-order valence-electron chi connectivity index (χ2n) is 6.42. The summed E-state index contributed by atoms with van der Waals surface area (Å²) >= 11 is 13.4. The lowest BCUT2D eigenvalue weighted by atomic mass is 10.1. The van der Waals surface area contributed by atoms with Crippen LogP contribution in [-0.4, -0.2) is 19.5 Å². The van der Waals surface area contributed by atoms with Gasteiger partial charge in [0.05, 0.1) is 16.1 Å². The summed E-state index contributed by atoms with van der Waals surface area (Å²) in [5.74, 6) is -1.25. The van der Waals surface area contributed by atoms with Crippen LogP contribution in [-0.2, 0) is 10.0 Å². The summed E-state index contributed by atoms with van der Waals surface area (Å²) in [6.07, 6.45) is 0. The van der Waals surface area contributed by atoms with Gasteiger partial charge in [-0.15, -0.1) is 11.3 Å². The topological polar surface area (TPSA) is 83.5 Å². The molecule has 0 aliphatic carbocycles. The standard InChI is InChI=1S/C21H13Cl2NO4S2/c22-14-9-15(23)11-16(10-14)30(27,28)24-18-7-13(5-6-17(18)21(25)26)20-8-12-3-1-2-4-19(12)29-20/h1-11,24H,(H,25,26). The van der Waals surface area contributed by atoms with Gasteiger partial charge in [-0.1, -0.05) is 47.5 Å². The van der Waals surface area contributed by atoms with Crippen LogP contribution in [0.15, 0.2) is 71.6 Å². The van der Waals surface area contributed by atoms with Crippen LogP contribution in [0.4, 0.5) is 5.69 Å². The fourth-order valence-electron chi connectivity index (χ4n) is 2.98. The number of anilines is 1. The number of rotatable bonds is 5. The second-order valence-corrected chi connectivity index (χ2v) is 10.1. The summed E-state index contributed by atoms with van der Waals surface area (Å²) in [4.78, 5) is 12.4. The third kappa shape index (κ3) is 4.15. The summed E-state index contributed by atoms with van der Waals surface area (Å²) in [6, 6.07) is 18.3. The first kappa shape index (κ1) is 20.7. The molecule has 30 heavy (non-hydrogen) atoms. The minimum Gasteiger partial charge on any atom is -0.478 e. The van der Waals surface area contributed by atoms with E-state index in [1.54, 1.807) is 6.07 Å². The van der Waals surface area contributed by atoms with Crippen LogP contribution in [0, 0.1) is 0 Å². The number of halogens is 2. The highest BCUT2D eigenvalue weighted by Gasteiger charge is 2.20. The Kier molecular flexibility index (Phi) is 5.46. The minimum absolute atomic E-state index is 0.0476. The zero-order chi connectivity index (χ0) is 21.5. The Morgan fingerprint density at radius 1 is 0.933 bits per heavy atom. The molecule has 0 saturated carbocycles. The van der Waals surface area contributed by atoms with Crippen LogP contribution in [0.3, 0.4) is 0 Å². The third-order valence-electron chi connectivity index (χ3n) is 4.35. The van der Waals surface area contributed by atoms with Crippen molar-refractivity contribution in [1.29, 1.82) is 0 Å². The molecule has 0 fully saturated rings. The molecule has 0 amide bonds. The van der Waals surface area contributed by atoms with E-state index in [1.165, 1.54) is 41.7 Å². The fraction of sp³-hybridized carbons (Fsp3) is 0. The molecule has 0 bridgehead atoms. The van der Waals surface area contributed by atoms with Gasteiger partial charge in [-0.05, 0) is 53.4 Å². The van der Waals surface area contributed by atoms with Gasteiger partial charge in [0.1, 0.15) is 0 Å². The average Bonchev–Trinajstić information content (AvgIpc) is 3.11. The van der Waals surface area contributed by atoms with Crippen molar-refractivity contribution in [1.82, 2.24) is 0 Å². The molecule has 5 nitrogen and oxygen atoms in total. The Morgan fingerprint density at radius 3 is 2.30 bits per heavy atom. The van der Waals surface area contributed by atoms with Gasteiger partial charge in [0.15, 0.2) is 0 Å². The molecule has 0 saturated heterocycles. The van der Waals surface area contributed by atoms with E-state index < -0.39 is 16.0 Å². The molecule has 1 aromatic heterocycles. The van der Waals surface area contributed by atoms with Crippen LogP contribution in [0.2, 0.25) is 10.0 Å². The second kappa shape index (κ2) is 7.92. The molecule has 4 aromatic rings. The number of carbonyl (C=O) groups is 1. The highest BCUT2D eigenvalue weighted by Crippen LogP contribution is 2.36. The number of benzene rings is 3. The van der Waals surface area contributed by atoms with Crippen LogP contribution < -0.4 is 4.72 Å². The number of aromatic carboxylic acids is 1. The number of fused-ring (bicyclic) bond motifs is 1. The van der Waals surface area contributed by atoms with Gasteiger partial charge in [-0.2, -0.15) is 0 Å². The van der Waals surface area contributed by atoms with Gasteiger partial charge in [-0.3, -0.25) is 4.72 Å². The quantitative estimate of drug-likeness (QED) is 0.349. The Labute approximate surface area is 186 Å². The van der Waals surface area contributed by atoms with E-state index in [0.29, 0.717) is 5.56 Å². The predicted octanol–water partition coefficient (Wildman–Crippen LogP) is 6.37. The van der Waals surface area contributed by atoms with Gasteiger partial charge in [-0.25, -0.2) is 13.2 Å². The molecule has 0 aliphatic rings. The molecule has 9 heteroatoms. The van der Waals surface area contributed by atoms with Crippen LogP contribution in [0.25, 0.3) is 20.5 Å². The first-order chi connectivity index (χ1) is 14.2. The van der Waals surface area contributed by atoms with Crippen molar-refractivity contribution in [3.63, 3.8) is 0 Å². The van der Waals surface area contributed by atoms with Crippen molar-refractivity contribution in [2.24, 2.45) is 0 Å². The van der Waals surface area contributed by atoms with Crippen LogP contribution >= 0.6 is 34.5 Å². The number of hydrogen-bond acceptors (Lipinski definition) is 4. The highest BCUT2D eigenvalue weighted by molar-refractivity contribution is 7.92. The van der Waals surface area contributed by atoms with E-state index in [2.05, 4.69) is 4.72 Å². The van der Waals surface area contributed by atoms with Gasteiger partial charge in [0, 0.05) is 19.6 Å². The summed E-state index contributed by atoms with van der Waals surface area (Å²) < 4.78 is 29.1. The third-order valence-corrected chi connectivity index (χ3v) is 7.30. The van der Waals surface area contributed by atoms with Crippen molar-refractivity contribution >= 4 is 66.3 Å². The Hall–Kier alpha value is -2.58. The van der Waals surface area contributed by atoms with Gasteiger partial charge in [0.2, 0.25) is 0 Å². The maximum Gasteiger partial charge on any atom is 0.337 e. The zero-order valence-corrected chi connectivity index (χ0v) is 18.2. The molecule has 0 atom stereocenters. The lowest BCUT2D eigenvalue weighted by Crippen LogP contribution is -2.15. The average molecular weight is 478 g/mol. The number of sulfonamides is 1. The van der Waals surface area contributed by atoms with Crippen LogP contribution in [0.5, 0.6) is 0 Å². The summed E-state index contributed by atoms with van der Waals surface area (Å²) in [5.41, 5.74) is 0.480. The maximum absolute atomic E-state index is 12.9. The van der Waals surface area contributed by atoms with Crippen molar-refractivity contribution in [2.45, 2.75) is 4.90 Å². The SMILES string of the molecule is O=C(O)c1ccc(-c2cc3ccccc3s2)cc1NS(=O)(=O)c1cc(Cl)cc(Cl)c1. The number of carboxylic acids is 1. The molecule has 0 radical (unpaired) electrons. The molecule has 152 valence electrons. The minimum atomic E-state index is -4.12. The van der Waals surface area contributed by atoms with E-state index in [0.717, 1.165) is 15.0 Å². The molecular weight excluding hydrogens is 465 g/mol. The number of hydrogen-bond donors (Lipinski definition) is 2. The summed E-state index contributed by atoms with van der Waals surface area (Å²) in [6.45, 7) is 0. The van der Waals surface area contributed by atoms with Crippen molar-refractivity contribution < 1.29 is 18.3 Å². The van der Waals surface area contributed by atoms with Gasteiger partial charge >= 0.3 is 5.97 Å². The van der Waals surface area contributed by atoms with Crippen LogP contribution in [0.1, 0.15) is 10.4 Å². The normalized spacial score (nSPS) is 11.5. The highest BCUT2D eigenvalue weighted by atomic mass is 35.5. The molecule has 0 aliphatic heterocycles. The van der Waals surface area contributed by atoms with E-state index in [4.69, 9.17) is 23.2 Å². The van der Waals surface area contributed by atoms with E-state index in [-0.39, 0.29) is 26.2 Å². The maximum atomic E-state index is 12.9. The van der Waals surface area contributed by atoms with E-state index in [9.17, 15) is 18.3 Å². The number of carboxylic acid groups (broad SMARTS) is 1. The lowest BCUT2D eigenvalue weighted by Gasteiger charge is -2.12. The first-order valence-corrected chi connectivity index (χ1v) is 11.6. The van der Waals surface area contributed by atoms with Gasteiger partial charge < -0.3 is 5.11 Å². The molecule has 4 rings (SSSR count). The summed E-state index contributed by atoms with van der Waals surface area (Å²) in [5, 5.41) is 10.9. The van der Waals surface area contributed by atoms with Crippen molar-refractivity contribution in [2.75, 3.05) is 4.72 Å². The smallest absolute Gasteiger partial charge is 0.337 e. The molecule has 3 aromatic carbocycles. The molecule has 1 heterocycles. The van der Waals surface area contributed by atoms with Crippen molar-refractivity contribution in [3.8, 4) is 10.4 Å². The largest absolute Gasteiger partial charge is 0.478 e. The Morgan fingerprint density at radius 2 is 1.63 bits per heavy atom. The van der Waals surface area contributed by atoms with Crippen molar-refractivity contribution in [3.05, 3.63) is 82.3 Å². The monoisotopic (exact) mass is 477 g/mol. The Balaban J connectivity index is 1.79. The van der Waals surface area contributed by atoms with E-state index in [1.807, 2.05) is 30.3 Å². The Bertz CT molecular complexity index is 1340. The fourth-order valence-corrected chi connectivity index (χ4v) is 5.83. The van der Waals surface area contributed by atoms with E-state index >= 15 is 0 Å². The molecular formula is C21H13Cl2NO4S2. The molecule has 2 N–H and O–H groups in total.